The van der Waals surface area contributed by atoms with Gasteiger partial charge in [-0.25, -0.2) is 8.42 Å². The van der Waals surface area contributed by atoms with Gasteiger partial charge in [0.15, 0.2) is 0 Å². The highest BCUT2D eigenvalue weighted by atomic mass is 32.2. The maximum atomic E-state index is 12.7. The molecule has 0 saturated carbocycles. The molecule has 1 aromatic rings. The number of ether oxygens (including phenoxy) is 1. The molecule has 0 aromatic heterocycles. The minimum Gasteiger partial charge on any atom is -0.491 e. The second-order valence-corrected chi connectivity index (χ2v) is 8.14. The summed E-state index contributed by atoms with van der Waals surface area (Å²) in [5.41, 5.74) is 0.856. The molecule has 1 unspecified atom stereocenters. The summed E-state index contributed by atoms with van der Waals surface area (Å²) < 4.78 is 32.7. The van der Waals surface area contributed by atoms with E-state index in [9.17, 15) is 8.42 Å². The Morgan fingerprint density at radius 3 is 2.62 bits per heavy atom. The molecule has 118 valence electrons. The van der Waals surface area contributed by atoms with E-state index in [0.717, 1.165) is 24.2 Å². The maximum Gasteiger partial charge on any atom is 0.243 e. The minimum atomic E-state index is -3.38. The average molecular weight is 311 g/mol. The van der Waals surface area contributed by atoms with Crippen molar-refractivity contribution in [2.45, 2.75) is 51.5 Å². The van der Waals surface area contributed by atoms with E-state index >= 15 is 0 Å². The van der Waals surface area contributed by atoms with Gasteiger partial charge in [-0.2, -0.15) is 4.31 Å². The molecular weight excluding hydrogens is 286 g/mol. The van der Waals surface area contributed by atoms with Gasteiger partial charge in [-0.15, -0.1) is 0 Å². The lowest BCUT2D eigenvalue weighted by Crippen LogP contribution is -2.39. The standard InChI is InChI=1S/C16H25NO3S/c1-12(2)20-16-8-7-15(10-14(16)4)21(18,19)17-9-5-6-13(3)11-17/h7-8,10,12-13H,5-6,9,11H2,1-4H3. The van der Waals surface area contributed by atoms with Gasteiger partial charge in [0.1, 0.15) is 5.75 Å². The highest BCUT2D eigenvalue weighted by Gasteiger charge is 2.28. The van der Waals surface area contributed by atoms with E-state index in [1.54, 1.807) is 22.5 Å². The van der Waals surface area contributed by atoms with Crippen molar-refractivity contribution in [1.29, 1.82) is 0 Å². The molecule has 1 saturated heterocycles. The first-order valence-electron chi connectivity index (χ1n) is 7.58. The summed E-state index contributed by atoms with van der Waals surface area (Å²) in [6.45, 7) is 9.14. The largest absolute Gasteiger partial charge is 0.491 e. The fraction of sp³-hybridized carbons (Fsp3) is 0.625. The third-order valence-corrected chi connectivity index (χ3v) is 5.63. The van der Waals surface area contributed by atoms with Crippen molar-refractivity contribution in [3.05, 3.63) is 23.8 Å². The highest BCUT2D eigenvalue weighted by molar-refractivity contribution is 7.89. The van der Waals surface area contributed by atoms with Crippen molar-refractivity contribution in [1.82, 2.24) is 4.31 Å². The molecule has 1 atom stereocenters. The van der Waals surface area contributed by atoms with Crippen molar-refractivity contribution in [2.75, 3.05) is 13.1 Å². The lowest BCUT2D eigenvalue weighted by Gasteiger charge is -2.30. The minimum absolute atomic E-state index is 0.0779. The number of aryl methyl sites for hydroxylation is 1. The molecule has 21 heavy (non-hydrogen) atoms. The summed E-state index contributed by atoms with van der Waals surface area (Å²) in [6.07, 6.45) is 2.12. The first kappa shape index (κ1) is 16.3. The molecule has 0 aliphatic carbocycles. The Balaban J connectivity index is 2.26. The Morgan fingerprint density at radius 1 is 1.33 bits per heavy atom. The smallest absolute Gasteiger partial charge is 0.243 e. The number of sulfonamides is 1. The number of hydrogen-bond acceptors (Lipinski definition) is 3. The summed E-state index contributed by atoms with van der Waals surface area (Å²) >= 11 is 0. The number of piperidine rings is 1. The van der Waals surface area contributed by atoms with Crippen LogP contribution in [0.15, 0.2) is 23.1 Å². The summed E-state index contributed by atoms with van der Waals surface area (Å²) in [5, 5.41) is 0. The van der Waals surface area contributed by atoms with E-state index in [1.807, 2.05) is 20.8 Å². The summed E-state index contributed by atoms with van der Waals surface area (Å²) in [7, 11) is -3.38. The van der Waals surface area contributed by atoms with E-state index in [1.165, 1.54) is 0 Å². The van der Waals surface area contributed by atoms with Crippen LogP contribution in [0.4, 0.5) is 0 Å². The zero-order valence-electron chi connectivity index (χ0n) is 13.3. The molecule has 1 fully saturated rings. The quantitative estimate of drug-likeness (QED) is 0.858. The second-order valence-electron chi connectivity index (χ2n) is 6.20. The van der Waals surface area contributed by atoms with Crippen molar-refractivity contribution >= 4 is 10.0 Å². The molecule has 0 bridgehead atoms. The van der Waals surface area contributed by atoms with Crippen LogP contribution in [0, 0.1) is 12.8 Å². The predicted octanol–water partition coefficient (Wildman–Crippen LogP) is 3.20. The Kier molecular flexibility index (Phi) is 4.94. The number of nitrogens with zero attached hydrogens (tertiary/aromatic N) is 1. The van der Waals surface area contributed by atoms with Gasteiger partial charge in [-0.05, 0) is 63.3 Å². The van der Waals surface area contributed by atoms with Gasteiger partial charge in [0, 0.05) is 13.1 Å². The topological polar surface area (TPSA) is 46.6 Å². The Labute approximate surface area is 128 Å². The van der Waals surface area contributed by atoms with Crippen LogP contribution in [0.5, 0.6) is 5.75 Å². The maximum absolute atomic E-state index is 12.7. The zero-order valence-corrected chi connectivity index (χ0v) is 14.1. The predicted molar refractivity (Wildman–Crippen MR) is 84.1 cm³/mol. The van der Waals surface area contributed by atoms with E-state index in [4.69, 9.17) is 4.74 Å². The SMILES string of the molecule is Cc1cc(S(=O)(=O)N2CCCC(C)C2)ccc1OC(C)C. The molecular formula is C16H25NO3S. The Hall–Kier alpha value is -1.07. The van der Waals surface area contributed by atoms with Gasteiger partial charge in [-0.1, -0.05) is 6.92 Å². The average Bonchev–Trinajstić information content (AvgIpc) is 2.40. The van der Waals surface area contributed by atoms with Crippen molar-refractivity contribution in [2.24, 2.45) is 5.92 Å². The first-order chi connectivity index (χ1) is 9.80. The van der Waals surface area contributed by atoms with Gasteiger partial charge >= 0.3 is 0 Å². The monoisotopic (exact) mass is 311 g/mol. The van der Waals surface area contributed by atoms with Crippen molar-refractivity contribution in [3.63, 3.8) is 0 Å². The van der Waals surface area contributed by atoms with Crippen molar-refractivity contribution < 1.29 is 13.2 Å². The van der Waals surface area contributed by atoms with E-state index < -0.39 is 10.0 Å². The van der Waals surface area contributed by atoms with Crippen LogP contribution < -0.4 is 4.74 Å². The third kappa shape index (κ3) is 3.77. The van der Waals surface area contributed by atoms with Crippen LogP contribution in [0.1, 0.15) is 39.2 Å². The van der Waals surface area contributed by atoms with Crippen LogP contribution >= 0.6 is 0 Å². The molecule has 2 rings (SSSR count). The van der Waals surface area contributed by atoms with Crippen LogP contribution in [-0.2, 0) is 10.0 Å². The van der Waals surface area contributed by atoms with Gasteiger partial charge in [0.2, 0.25) is 10.0 Å². The Bertz CT molecular complexity index is 596. The van der Waals surface area contributed by atoms with Crippen molar-refractivity contribution in [3.8, 4) is 5.75 Å². The molecule has 0 spiro atoms. The number of benzene rings is 1. The van der Waals surface area contributed by atoms with Gasteiger partial charge in [-0.3, -0.25) is 0 Å². The first-order valence-corrected chi connectivity index (χ1v) is 9.02. The molecule has 0 N–H and O–H groups in total. The number of hydrogen-bond donors (Lipinski definition) is 0. The third-order valence-electron chi connectivity index (χ3n) is 3.77. The van der Waals surface area contributed by atoms with Gasteiger partial charge in [0.05, 0.1) is 11.0 Å². The summed E-state index contributed by atoms with van der Waals surface area (Å²) in [4.78, 5) is 0.366. The molecule has 1 aliphatic rings. The number of rotatable bonds is 4. The van der Waals surface area contributed by atoms with Crippen LogP contribution in [0.25, 0.3) is 0 Å². The zero-order chi connectivity index (χ0) is 15.6. The molecule has 0 amide bonds. The molecule has 4 nitrogen and oxygen atoms in total. The van der Waals surface area contributed by atoms with Crippen LogP contribution in [-0.4, -0.2) is 31.9 Å². The lowest BCUT2D eigenvalue weighted by molar-refractivity contribution is 0.240. The normalized spacial score (nSPS) is 20.7. The van der Waals surface area contributed by atoms with Crippen LogP contribution in [0.3, 0.4) is 0 Å². The van der Waals surface area contributed by atoms with E-state index in [-0.39, 0.29) is 6.10 Å². The highest BCUT2D eigenvalue weighted by Crippen LogP contribution is 2.27. The molecule has 0 radical (unpaired) electrons. The van der Waals surface area contributed by atoms with E-state index in [2.05, 4.69) is 6.92 Å². The molecule has 1 aliphatic heterocycles. The molecule has 5 heteroatoms. The van der Waals surface area contributed by atoms with Crippen LogP contribution in [0.2, 0.25) is 0 Å². The fourth-order valence-corrected chi connectivity index (χ4v) is 4.37. The van der Waals surface area contributed by atoms with Gasteiger partial charge < -0.3 is 4.74 Å². The Morgan fingerprint density at radius 2 is 2.05 bits per heavy atom. The summed E-state index contributed by atoms with van der Waals surface area (Å²) in [5.74, 6) is 1.18. The van der Waals surface area contributed by atoms with Gasteiger partial charge in [0.25, 0.3) is 0 Å². The molecule has 1 aromatic carbocycles. The summed E-state index contributed by atoms with van der Waals surface area (Å²) in [6, 6.07) is 5.13. The fourth-order valence-electron chi connectivity index (χ4n) is 2.68. The van der Waals surface area contributed by atoms with E-state index in [0.29, 0.717) is 23.9 Å². The second kappa shape index (κ2) is 6.36. The lowest BCUT2D eigenvalue weighted by atomic mass is 10.0. The molecule has 1 heterocycles.